The summed E-state index contributed by atoms with van der Waals surface area (Å²) in [5.41, 5.74) is 0. The second-order valence-electron chi connectivity index (χ2n) is 11.8. The fourth-order valence-corrected chi connectivity index (χ4v) is 4.38. The molecule has 0 rings (SSSR count). The Morgan fingerprint density at radius 2 is 0.618 bits per heavy atom. The Balaban J connectivity index is -0.000000257. The molecule has 0 unspecified atom stereocenters. The molecule has 0 amide bonds. The first-order chi connectivity index (χ1) is 15.2. The van der Waals surface area contributed by atoms with Gasteiger partial charge in [-0.3, -0.25) is 0 Å². The lowest BCUT2D eigenvalue weighted by Crippen LogP contribution is -3.00. The predicted molar refractivity (Wildman–Crippen MR) is 149 cm³/mol. The van der Waals surface area contributed by atoms with E-state index in [1.165, 1.54) is 146 Å². The van der Waals surface area contributed by atoms with Gasteiger partial charge in [0, 0.05) is 0 Å². The summed E-state index contributed by atoms with van der Waals surface area (Å²) in [5.74, 6) is 0. The minimum atomic E-state index is 0. The maximum atomic E-state index is 2.45. The first-order valence-electron chi connectivity index (χ1n) is 14.9. The summed E-state index contributed by atoms with van der Waals surface area (Å²) in [7, 11) is 9.32. The number of hydrogen-bond acceptors (Lipinski definition) is 0. The number of halogens is 2. The van der Waals surface area contributed by atoms with Gasteiger partial charge in [-0.15, -0.1) is 0 Å². The van der Waals surface area contributed by atoms with E-state index in [1.807, 2.05) is 0 Å². The smallest absolute Gasteiger partial charge is 0.0784 e. The van der Waals surface area contributed by atoms with E-state index >= 15 is 0 Å². The average Bonchev–Trinajstić information content (AvgIpc) is 2.75. The van der Waals surface area contributed by atoms with Gasteiger partial charge >= 0.3 is 0 Å². The first kappa shape index (κ1) is 41.8. The van der Waals surface area contributed by atoms with Crippen molar-refractivity contribution in [2.24, 2.45) is 0 Å². The summed E-state index contributed by atoms with van der Waals surface area (Å²) in [4.78, 5) is 0. The average molecular weight is 572 g/mol. The van der Waals surface area contributed by atoms with Gasteiger partial charge in [-0.05, 0) is 32.1 Å². The summed E-state index contributed by atoms with van der Waals surface area (Å²) in [5, 5.41) is 0. The Bertz CT molecular complexity index is 336. The molecule has 2 nitrogen and oxygen atoms in total. The van der Waals surface area contributed by atoms with Crippen LogP contribution in [0.5, 0.6) is 0 Å². The molecule has 0 radical (unpaired) electrons. The first-order valence-corrected chi connectivity index (χ1v) is 14.9. The molecule has 0 N–H and O–H groups in total. The van der Waals surface area contributed by atoms with E-state index < -0.39 is 0 Å². The third-order valence-corrected chi connectivity index (χ3v) is 6.84. The van der Waals surface area contributed by atoms with Gasteiger partial charge in [-0.25, -0.2) is 0 Å². The molecule has 0 atom stereocenters. The molecule has 212 valence electrons. The maximum Gasteiger partial charge on any atom is 0.0784 e. The molecular formula is C30H68BrClN2. The summed E-state index contributed by atoms with van der Waals surface area (Å²) in [6.07, 6.45) is 25.6. The molecule has 0 aromatic rings. The third-order valence-electron chi connectivity index (χ3n) is 6.84. The van der Waals surface area contributed by atoms with Gasteiger partial charge in [0.2, 0.25) is 0 Å². The minimum Gasteiger partial charge on any atom is -1.00 e. The van der Waals surface area contributed by atoms with Gasteiger partial charge < -0.3 is 38.4 Å². The van der Waals surface area contributed by atoms with Gasteiger partial charge in [-0.1, -0.05) is 111 Å². The Morgan fingerprint density at radius 1 is 0.353 bits per heavy atom. The van der Waals surface area contributed by atoms with E-state index in [0.29, 0.717) is 0 Å². The molecule has 0 saturated carbocycles. The molecule has 0 bridgehead atoms. The van der Waals surface area contributed by atoms with Crippen LogP contribution in [0.1, 0.15) is 143 Å². The Labute approximate surface area is 235 Å². The lowest BCUT2D eigenvalue weighted by atomic mass is 10.1. The fraction of sp³-hybridized carbons (Fsp3) is 1.00. The van der Waals surface area contributed by atoms with Crippen molar-refractivity contribution in [1.82, 2.24) is 0 Å². The Kier molecular flexibility index (Phi) is 36.8. The van der Waals surface area contributed by atoms with E-state index in [2.05, 4.69) is 55.9 Å². The van der Waals surface area contributed by atoms with Crippen molar-refractivity contribution in [1.29, 1.82) is 0 Å². The summed E-state index contributed by atoms with van der Waals surface area (Å²) < 4.78 is 2.44. The molecule has 0 fully saturated rings. The summed E-state index contributed by atoms with van der Waals surface area (Å²) >= 11 is 0. The van der Waals surface area contributed by atoms with Gasteiger partial charge in [0.15, 0.2) is 0 Å². The standard InChI is InChI=1S/C17H38N.C13H30N.BrH.ClH/c1-5-6-7-8-9-10-11-12-13-14-15-16-17-18(2,3)4;1-5-8-11-14(4,12-9-6-2)13-10-7-3;;/h5-17H2,1-4H3;5-13H2,1-4H3;2*1H/q2*+1;;/p-2. The molecule has 0 saturated heterocycles. The Hall–Kier alpha value is 0.690. The number of quaternary nitrogens is 2. The molecule has 0 aromatic carbocycles. The number of nitrogens with zero attached hydrogens (tertiary/aromatic N) is 2. The highest BCUT2D eigenvalue weighted by atomic mass is 79.9. The van der Waals surface area contributed by atoms with Gasteiger partial charge in [0.1, 0.15) is 0 Å². The van der Waals surface area contributed by atoms with Gasteiger partial charge in [0.05, 0.1) is 54.4 Å². The summed E-state index contributed by atoms with van der Waals surface area (Å²) in [6, 6.07) is 0. The lowest BCUT2D eigenvalue weighted by Gasteiger charge is -2.34. The monoisotopic (exact) mass is 570 g/mol. The van der Waals surface area contributed by atoms with E-state index in [9.17, 15) is 0 Å². The third kappa shape index (κ3) is 34.9. The van der Waals surface area contributed by atoms with Crippen LogP contribution in [0.3, 0.4) is 0 Å². The highest BCUT2D eigenvalue weighted by Gasteiger charge is 2.18. The van der Waals surface area contributed by atoms with E-state index in [0.717, 1.165) is 4.48 Å². The molecule has 0 aliphatic heterocycles. The molecule has 0 aliphatic rings. The number of rotatable bonds is 22. The molecule has 0 aliphatic carbocycles. The van der Waals surface area contributed by atoms with Crippen LogP contribution < -0.4 is 29.4 Å². The highest BCUT2D eigenvalue weighted by Crippen LogP contribution is 2.13. The van der Waals surface area contributed by atoms with Crippen LogP contribution in [0.25, 0.3) is 0 Å². The number of hydrogen-bond donors (Lipinski definition) is 0. The molecule has 4 heteroatoms. The van der Waals surface area contributed by atoms with Crippen LogP contribution in [0.2, 0.25) is 0 Å². The minimum absolute atomic E-state index is 0. The molecule has 34 heavy (non-hydrogen) atoms. The van der Waals surface area contributed by atoms with Crippen molar-refractivity contribution in [3.05, 3.63) is 0 Å². The van der Waals surface area contributed by atoms with Crippen LogP contribution in [-0.2, 0) is 0 Å². The van der Waals surface area contributed by atoms with E-state index in [1.54, 1.807) is 0 Å². The SMILES string of the molecule is CCCCCCCCCCCCCC[N+](C)(C)C.CCCC[N+](C)(CCCC)CCCC.[Br-].[Cl-]. The molecular weight excluding hydrogens is 504 g/mol. The largest absolute Gasteiger partial charge is 1.00 e. The van der Waals surface area contributed by atoms with Crippen LogP contribution in [-0.4, -0.2) is 63.3 Å². The normalized spacial score (nSPS) is 11.3. The van der Waals surface area contributed by atoms with Crippen molar-refractivity contribution in [3.8, 4) is 0 Å². The summed E-state index contributed by atoms with van der Waals surface area (Å²) in [6.45, 7) is 14.7. The topological polar surface area (TPSA) is 0 Å². The van der Waals surface area contributed by atoms with Crippen LogP contribution in [0, 0.1) is 0 Å². The van der Waals surface area contributed by atoms with Crippen molar-refractivity contribution in [2.45, 2.75) is 143 Å². The van der Waals surface area contributed by atoms with Crippen LogP contribution >= 0.6 is 0 Å². The van der Waals surface area contributed by atoms with Crippen molar-refractivity contribution >= 4 is 0 Å². The zero-order valence-corrected chi connectivity index (χ0v) is 27.5. The maximum absolute atomic E-state index is 2.45. The van der Waals surface area contributed by atoms with Crippen molar-refractivity contribution in [2.75, 3.05) is 54.4 Å². The van der Waals surface area contributed by atoms with Gasteiger partial charge in [0.25, 0.3) is 0 Å². The van der Waals surface area contributed by atoms with Crippen molar-refractivity contribution in [3.63, 3.8) is 0 Å². The highest BCUT2D eigenvalue weighted by molar-refractivity contribution is 4.48. The van der Waals surface area contributed by atoms with Crippen molar-refractivity contribution < 1.29 is 38.4 Å². The predicted octanol–water partition coefficient (Wildman–Crippen LogP) is 3.24. The van der Waals surface area contributed by atoms with Crippen LogP contribution in [0.15, 0.2) is 0 Å². The second-order valence-corrected chi connectivity index (χ2v) is 11.8. The van der Waals surface area contributed by atoms with E-state index in [-0.39, 0.29) is 29.4 Å². The van der Waals surface area contributed by atoms with Crippen LogP contribution in [0.4, 0.5) is 0 Å². The zero-order chi connectivity index (χ0) is 24.6. The fourth-order valence-electron chi connectivity index (χ4n) is 4.38. The quantitative estimate of drug-likeness (QED) is 0.138. The van der Waals surface area contributed by atoms with Gasteiger partial charge in [-0.2, -0.15) is 0 Å². The molecule has 0 spiro atoms. The molecule has 0 aromatic heterocycles. The van der Waals surface area contributed by atoms with E-state index in [4.69, 9.17) is 0 Å². The Morgan fingerprint density at radius 3 is 0.882 bits per heavy atom. The lowest BCUT2D eigenvalue weighted by molar-refractivity contribution is -0.910. The molecule has 0 heterocycles. The second kappa shape index (κ2) is 29.9. The number of unbranched alkanes of at least 4 members (excludes halogenated alkanes) is 14. The zero-order valence-electron chi connectivity index (χ0n) is 25.2.